The van der Waals surface area contributed by atoms with Gasteiger partial charge in [0.25, 0.3) is 0 Å². The Kier molecular flexibility index (Phi) is 4.17. The van der Waals surface area contributed by atoms with Crippen molar-refractivity contribution >= 4 is 0 Å². The van der Waals surface area contributed by atoms with E-state index in [1.807, 2.05) is 24.3 Å². The molecular weight excluding hydrogens is 241 g/mol. The van der Waals surface area contributed by atoms with Crippen molar-refractivity contribution in [1.29, 1.82) is 0 Å². The standard InChI is InChI=1S/C16H18FNO/c1-11(2)12-3-6-15(7-4-12)19-16-8-5-14(17)9-13(16)10-18/h3-9,11H,10,18H2,1-2H3. The highest BCUT2D eigenvalue weighted by Gasteiger charge is 2.06. The van der Waals surface area contributed by atoms with Crippen LogP contribution < -0.4 is 10.5 Å². The summed E-state index contributed by atoms with van der Waals surface area (Å²) < 4.78 is 18.8. The molecule has 2 nitrogen and oxygen atoms in total. The lowest BCUT2D eigenvalue weighted by atomic mass is 10.0. The number of benzene rings is 2. The number of hydrogen-bond donors (Lipinski definition) is 1. The van der Waals surface area contributed by atoms with Gasteiger partial charge in [-0.2, -0.15) is 0 Å². The molecule has 2 rings (SSSR count). The Labute approximate surface area is 113 Å². The molecular formula is C16H18FNO. The molecule has 2 aromatic carbocycles. The fraction of sp³-hybridized carbons (Fsp3) is 0.250. The molecule has 0 aliphatic heterocycles. The molecule has 2 N–H and O–H groups in total. The highest BCUT2D eigenvalue weighted by Crippen LogP contribution is 2.27. The van der Waals surface area contributed by atoms with Gasteiger partial charge in [0.1, 0.15) is 17.3 Å². The predicted octanol–water partition coefficient (Wildman–Crippen LogP) is 4.20. The number of halogens is 1. The molecule has 0 heterocycles. The lowest BCUT2D eigenvalue weighted by Gasteiger charge is -2.11. The van der Waals surface area contributed by atoms with Gasteiger partial charge < -0.3 is 10.5 Å². The fourth-order valence-corrected chi connectivity index (χ4v) is 1.85. The maximum atomic E-state index is 13.1. The fourth-order valence-electron chi connectivity index (χ4n) is 1.85. The smallest absolute Gasteiger partial charge is 0.132 e. The predicted molar refractivity (Wildman–Crippen MR) is 74.9 cm³/mol. The zero-order valence-corrected chi connectivity index (χ0v) is 11.2. The first-order valence-electron chi connectivity index (χ1n) is 6.36. The van der Waals surface area contributed by atoms with Gasteiger partial charge in [0.05, 0.1) is 0 Å². The van der Waals surface area contributed by atoms with E-state index in [1.54, 1.807) is 6.07 Å². The van der Waals surface area contributed by atoms with Crippen molar-refractivity contribution in [2.45, 2.75) is 26.3 Å². The van der Waals surface area contributed by atoms with E-state index in [0.717, 1.165) is 5.75 Å². The van der Waals surface area contributed by atoms with E-state index in [4.69, 9.17) is 10.5 Å². The number of nitrogens with two attached hydrogens (primary N) is 1. The van der Waals surface area contributed by atoms with Crippen LogP contribution in [0.4, 0.5) is 4.39 Å². The van der Waals surface area contributed by atoms with Crippen LogP contribution in [0.2, 0.25) is 0 Å². The second-order valence-corrected chi connectivity index (χ2v) is 4.78. The van der Waals surface area contributed by atoms with Crippen molar-refractivity contribution in [1.82, 2.24) is 0 Å². The summed E-state index contributed by atoms with van der Waals surface area (Å²) >= 11 is 0. The lowest BCUT2D eigenvalue weighted by Crippen LogP contribution is -2.00. The first-order valence-corrected chi connectivity index (χ1v) is 6.36. The van der Waals surface area contributed by atoms with E-state index in [9.17, 15) is 4.39 Å². The van der Waals surface area contributed by atoms with Crippen LogP contribution in [0.3, 0.4) is 0 Å². The Morgan fingerprint density at radius 3 is 2.37 bits per heavy atom. The van der Waals surface area contributed by atoms with Crippen molar-refractivity contribution < 1.29 is 9.13 Å². The zero-order chi connectivity index (χ0) is 13.8. The lowest BCUT2D eigenvalue weighted by molar-refractivity contribution is 0.473. The average molecular weight is 259 g/mol. The highest BCUT2D eigenvalue weighted by atomic mass is 19.1. The SMILES string of the molecule is CC(C)c1ccc(Oc2ccc(F)cc2CN)cc1. The molecule has 0 aromatic heterocycles. The van der Waals surface area contributed by atoms with E-state index in [2.05, 4.69) is 13.8 Å². The van der Waals surface area contributed by atoms with Gasteiger partial charge in [-0.3, -0.25) is 0 Å². The Balaban J connectivity index is 2.21. The van der Waals surface area contributed by atoms with E-state index < -0.39 is 0 Å². The molecule has 2 aromatic rings. The van der Waals surface area contributed by atoms with E-state index >= 15 is 0 Å². The summed E-state index contributed by atoms with van der Waals surface area (Å²) in [4.78, 5) is 0. The molecule has 0 aliphatic carbocycles. The van der Waals surface area contributed by atoms with Crippen LogP contribution in [-0.2, 0) is 6.54 Å². The average Bonchev–Trinajstić information content (AvgIpc) is 2.41. The summed E-state index contributed by atoms with van der Waals surface area (Å²) in [6.07, 6.45) is 0. The molecule has 0 aliphatic rings. The second kappa shape index (κ2) is 5.85. The van der Waals surface area contributed by atoms with Crippen molar-refractivity contribution in [3.63, 3.8) is 0 Å². The van der Waals surface area contributed by atoms with Gasteiger partial charge in [-0.25, -0.2) is 4.39 Å². The summed E-state index contributed by atoms with van der Waals surface area (Å²) in [5, 5.41) is 0. The quantitative estimate of drug-likeness (QED) is 0.893. The normalized spacial score (nSPS) is 10.8. The highest BCUT2D eigenvalue weighted by molar-refractivity contribution is 5.39. The molecule has 0 bridgehead atoms. The van der Waals surface area contributed by atoms with Crippen LogP contribution in [0.25, 0.3) is 0 Å². The monoisotopic (exact) mass is 259 g/mol. The minimum Gasteiger partial charge on any atom is -0.457 e. The molecule has 0 spiro atoms. The van der Waals surface area contributed by atoms with Gasteiger partial charge >= 0.3 is 0 Å². The van der Waals surface area contributed by atoms with Gasteiger partial charge in [0, 0.05) is 12.1 Å². The van der Waals surface area contributed by atoms with E-state index in [1.165, 1.54) is 17.7 Å². The molecule has 0 fully saturated rings. The number of ether oxygens (including phenoxy) is 1. The molecule has 0 saturated carbocycles. The molecule has 0 atom stereocenters. The topological polar surface area (TPSA) is 35.2 Å². The van der Waals surface area contributed by atoms with Crippen LogP contribution in [0.5, 0.6) is 11.5 Å². The summed E-state index contributed by atoms with van der Waals surface area (Å²) in [7, 11) is 0. The minimum atomic E-state index is -0.303. The van der Waals surface area contributed by atoms with Gasteiger partial charge in [-0.1, -0.05) is 26.0 Å². The second-order valence-electron chi connectivity index (χ2n) is 4.78. The van der Waals surface area contributed by atoms with Gasteiger partial charge in [0.15, 0.2) is 0 Å². The summed E-state index contributed by atoms with van der Waals surface area (Å²) in [5.74, 6) is 1.51. The molecule has 0 amide bonds. The third-order valence-electron chi connectivity index (χ3n) is 3.02. The molecule has 0 radical (unpaired) electrons. The third kappa shape index (κ3) is 3.32. The number of rotatable bonds is 4. The first kappa shape index (κ1) is 13.6. The number of hydrogen-bond acceptors (Lipinski definition) is 2. The van der Waals surface area contributed by atoms with Gasteiger partial charge in [0.2, 0.25) is 0 Å². The van der Waals surface area contributed by atoms with E-state index in [0.29, 0.717) is 17.2 Å². The van der Waals surface area contributed by atoms with Gasteiger partial charge in [-0.15, -0.1) is 0 Å². The first-order chi connectivity index (χ1) is 9.10. The Bertz CT molecular complexity index is 549. The summed E-state index contributed by atoms with van der Waals surface area (Å²) in [6, 6.07) is 12.3. The van der Waals surface area contributed by atoms with E-state index in [-0.39, 0.29) is 12.4 Å². The van der Waals surface area contributed by atoms with Crippen LogP contribution >= 0.6 is 0 Å². The molecule has 3 heteroatoms. The molecule has 100 valence electrons. The van der Waals surface area contributed by atoms with Crippen molar-refractivity contribution in [3.05, 3.63) is 59.4 Å². The Morgan fingerprint density at radius 1 is 1.11 bits per heavy atom. The van der Waals surface area contributed by atoms with Crippen LogP contribution in [0.1, 0.15) is 30.9 Å². The summed E-state index contributed by atoms with van der Waals surface area (Å²) in [5.41, 5.74) is 7.51. The van der Waals surface area contributed by atoms with Crippen LogP contribution in [0, 0.1) is 5.82 Å². The maximum Gasteiger partial charge on any atom is 0.132 e. The minimum absolute atomic E-state index is 0.247. The van der Waals surface area contributed by atoms with Crippen molar-refractivity contribution in [3.8, 4) is 11.5 Å². The maximum absolute atomic E-state index is 13.1. The Morgan fingerprint density at radius 2 is 1.79 bits per heavy atom. The molecule has 19 heavy (non-hydrogen) atoms. The van der Waals surface area contributed by atoms with Crippen molar-refractivity contribution in [2.75, 3.05) is 0 Å². The molecule has 0 saturated heterocycles. The van der Waals surface area contributed by atoms with Crippen molar-refractivity contribution in [2.24, 2.45) is 5.73 Å². The zero-order valence-electron chi connectivity index (χ0n) is 11.2. The largest absolute Gasteiger partial charge is 0.457 e. The van der Waals surface area contributed by atoms with Crippen LogP contribution in [0.15, 0.2) is 42.5 Å². The Hall–Kier alpha value is -1.87. The third-order valence-corrected chi connectivity index (χ3v) is 3.02. The molecule has 0 unspecified atom stereocenters. The summed E-state index contributed by atoms with van der Waals surface area (Å²) in [6.45, 7) is 4.53. The van der Waals surface area contributed by atoms with Crippen LogP contribution in [-0.4, -0.2) is 0 Å². The van der Waals surface area contributed by atoms with Gasteiger partial charge in [-0.05, 0) is 41.8 Å².